The Balaban J connectivity index is 1.35. The molecule has 1 fully saturated rings. The van der Waals surface area contributed by atoms with E-state index in [1.807, 2.05) is 18.2 Å². The minimum atomic E-state index is 0.0168. The van der Waals surface area contributed by atoms with Crippen molar-refractivity contribution in [2.45, 2.75) is 12.6 Å². The lowest BCUT2D eigenvalue weighted by atomic mass is 10.2. The summed E-state index contributed by atoms with van der Waals surface area (Å²) >= 11 is 5.93. The van der Waals surface area contributed by atoms with E-state index in [1.54, 1.807) is 18.5 Å². The zero-order valence-electron chi connectivity index (χ0n) is 14.3. The molecular formula is C20H20ClN3O2. The number of rotatable bonds is 5. The molecule has 134 valence electrons. The standard InChI is InChI=1S/C20H20ClN3O2/c21-16-9-18(11-22-10-16)26-14-19-13-24(7-8-25-19)12-17-6-5-15-3-1-2-4-20(15)23-17/h1-6,9-11,19H,7-8,12-14H2. The summed E-state index contributed by atoms with van der Waals surface area (Å²) in [5.41, 5.74) is 2.11. The maximum atomic E-state index is 5.93. The third-order valence-corrected chi connectivity index (χ3v) is 4.59. The fraction of sp³-hybridized carbons (Fsp3) is 0.300. The second-order valence-electron chi connectivity index (χ2n) is 6.37. The molecule has 1 atom stereocenters. The fourth-order valence-electron chi connectivity index (χ4n) is 3.11. The number of fused-ring (bicyclic) bond motifs is 1. The van der Waals surface area contributed by atoms with E-state index in [4.69, 9.17) is 26.1 Å². The monoisotopic (exact) mass is 369 g/mol. The molecule has 1 saturated heterocycles. The largest absolute Gasteiger partial charge is 0.489 e. The summed E-state index contributed by atoms with van der Waals surface area (Å²) in [7, 11) is 0. The quantitative estimate of drug-likeness (QED) is 0.688. The number of pyridine rings is 2. The van der Waals surface area contributed by atoms with Crippen LogP contribution in [0.15, 0.2) is 54.9 Å². The zero-order valence-corrected chi connectivity index (χ0v) is 15.1. The summed E-state index contributed by atoms with van der Waals surface area (Å²) in [4.78, 5) is 11.1. The van der Waals surface area contributed by atoms with Crippen molar-refractivity contribution in [1.29, 1.82) is 0 Å². The van der Waals surface area contributed by atoms with E-state index >= 15 is 0 Å². The van der Waals surface area contributed by atoms with E-state index in [-0.39, 0.29) is 6.10 Å². The fourth-order valence-corrected chi connectivity index (χ4v) is 3.27. The first-order valence-electron chi connectivity index (χ1n) is 8.68. The molecule has 0 N–H and O–H groups in total. The summed E-state index contributed by atoms with van der Waals surface area (Å²) in [6.45, 7) is 3.68. The SMILES string of the molecule is Clc1cncc(OCC2CN(Cc3ccc4ccccc4n3)CCO2)c1. The number of morpholine rings is 1. The van der Waals surface area contributed by atoms with E-state index in [0.29, 0.717) is 24.0 Å². The second kappa shape index (κ2) is 7.99. The Hall–Kier alpha value is -2.21. The average molecular weight is 370 g/mol. The minimum Gasteiger partial charge on any atom is -0.489 e. The molecule has 2 aromatic heterocycles. The van der Waals surface area contributed by atoms with Gasteiger partial charge >= 0.3 is 0 Å². The molecule has 4 rings (SSSR count). The van der Waals surface area contributed by atoms with Gasteiger partial charge in [0, 0.05) is 37.3 Å². The topological polar surface area (TPSA) is 47.5 Å². The number of hydrogen-bond acceptors (Lipinski definition) is 5. The summed E-state index contributed by atoms with van der Waals surface area (Å²) in [6.07, 6.45) is 3.26. The molecule has 0 aliphatic carbocycles. The van der Waals surface area contributed by atoms with Gasteiger partial charge in [-0.3, -0.25) is 14.9 Å². The van der Waals surface area contributed by atoms with Crippen LogP contribution in [0.3, 0.4) is 0 Å². The highest BCUT2D eigenvalue weighted by atomic mass is 35.5. The molecule has 0 spiro atoms. The Bertz CT molecular complexity index is 890. The molecule has 0 radical (unpaired) electrons. The van der Waals surface area contributed by atoms with Crippen LogP contribution in [0.5, 0.6) is 5.75 Å². The van der Waals surface area contributed by atoms with Gasteiger partial charge in [0.25, 0.3) is 0 Å². The van der Waals surface area contributed by atoms with Crippen molar-refractivity contribution < 1.29 is 9.47 Å². The average Bonchev–Trinajstić information content (AvgIpc) is 2.67. The normalized spacial score (nSPS) is 18.1. The van der Waals surface area contributed by atoms with E-state index < -0.39 is 0 Å². The molecule has 0 amide bonds. The van der Waals surface area contributed by atoms with Gasteiger partial charge in [-0.05, 0) is 12.1 Å². The van der Waals surface area contributed by atoms with Crippen LogP contribution >= 0.6 is 11.6 Å². The van der Waals surface area contributed by atoms with Gasteiger partial charge in [-0.25, -0.2) is 0 Å². The van der Waals surface area contributed by atoms with E-state index in [1.165, 1.54) is 5.39 Å². The van der Waals surface area contributed by atoms with Gasteiger partial charge in [-0.1, -0.05) is 35.9 Å². The Labute approximate surface area is 157 Å². The highest BCUT2D eigenvalue weighted by Crippen LogP contribution is 2.17. The molecule has 26 heavy (non-hydrogen) atoms. The highest BCUT2D eigenvalue weighted by molar-refractivity contribution is 6.30. The van der Waals surface area contributed by atoms with Crippen molar-refractivity contribution >= 4 is 22.5 Å². The number of benzene rings is 1. The van der Waals surface area contributed by atoms with Gasteiger partial charge in [0.15, 0.2) is 0 Å². The molecule has 5 nitrogen and oxygen atoms in total. The summed E-state index contributed by atoms with van der Waals surface area (Å²) in [6, 6.07) is 14.2. The number of ether oxygens (including phenoxy) is 2. The molecule has 0 bridgehead atoms. The first-order chi connectivity index (χ1) is 12.8. The molecule has 1 aromatic carbocycles. The van der Waals surface area contributed by atoms with Crippen LogP contribution in [0.25, 0.3) is 10.9 Å². The lowest BCUT2D eigenvalue weighted by molar-refractivity contribution is -0.0507. The van der Waals surface area contributed by atoms with Gasteiger partial charge in [0.1, 0.15) is 18.5 Å². The number of para-hydroxylation sites is 1. The molecule has 3 heterocycles. The molecule has 1 aliphatic rings. The van der Waals surface area contributed by atoms with Crippen molar-refractivity contribution in [2.24, 2.45) is 0 Å². The molecule has 1 unspecified atom stereocenters. The van der Waals surface area contributed by atoms with Gasteiger partial charge in [0.2, 0.25) is 0 Å². The lowest BCUT2D eigenvalue weighted by Gasteiger charge is -2.32. The molecule has 6 heteroatoms. The van der Waals surface area contributed by atoms with Crippen molar-refractivity contribution in [3.05, 3.63) is 65.6 Å². The number of hydrogen-bond donors (Lipinski definition) is 0. The second-order valence-corrected chi connectivity index (χ2v) is 6.81. The van der Waals surface area contributed by atoms with Crippen LogP contribution in [0.2, 0.25) is 5.02 Å². The Morgan fingerprint density at radius 2 is 2.12 bits per heavy atom. The summed E-state index contributed by atoms with van der Waals surface area (Å²) < 4.78 is 11.6. The van der Waals surface area contributed by atoms with Crippen LogP contribution in [-0.2, 0) is 11.3 Å². The van der Waals surface area contributed by atoms with Gasteiger partial charge in [-0.2, -0.15) is 0 Å². The van der Waals surface area contributed by atoms with E-state index in [2.05, 4.69) is 28.1 Å². The maximum absolute atomic E-state index is 5.93. The van der Waals surface area contributed by atoms with Crippen molar-refractivity contribution in [3.63, 3.8) is 0 Å². The lowest BCUT2D eigenvalue weighted by Crippen LogP contribution is -2.44. The van der Waals surface area contributed by atoms with E-state index in [0.717, 1.165) is 30.8 Å². The predicted molar refractivity (Wildman–Crippen MR) is 102 cm³/mol. The number of nitrogens with zero attached hydrogens (tertiary/aromatic N) is 3. The van der Waals surface area contributed by atoms with Crippen LogP contribution in [0, 0.1) is 0 Å². The Kier molecular flexibility index (Phi) is 5.29. The van der Waals surface area contributed by atoms with Crippen LogP contribution < -0.4 is 4.74 Å². The van der Waals surface area contributed by atoms with E-state index in [9.17, 15) is 0 Å². The minimum absolute atomic E-state index is 0.0168. The Morgan fingerprint density at radius 1 is 1.19 bits per heavy atom. The van der Waals surface area contributed by atoms with Crippen LogP contribution in [0.4, 0.5) is 0 Å². The zero-order chi connectivity index (χ0) is 17.8. The van der Waals surface area contributed by atoms with Gasteiger partial charge < -0.3 is 9.47 Å². The summed E-state index contributed by atoms with van der Waals surface area (Å²) in [5, 5.41) is 1.73. The number of aromatic nitrogens is 2. The smallest absolute Gasteiger partial charge is 0.139 e. The molecular weight excluding hydrogens is 350 g/mol. The van der Waals surface area contributed by atoms with Gasteiger partial charge in [-0.15, -0.1) is 0 Å². The molecule has 0 saturated carbocycles. The molecule has 3 aromatic rings. The first kappa shape index (κ1) is 17.2. The van der Waals surface area contributed by atoms with Crippen molar-refractivity contribution in [3.8, 4) is 5.75 Å². The molecule has 1 aliphatic heterocycles. The number of halogens is 1. The highest BCUT2D eigenvalue weighted by Gasteiger charge is 2.21. The summed E-state index contributed by atoms with van der Waals surface area (Å²) in [5.74, 6) is 0.661. The maximum Gasteiger partial charge on any atom is 0.139 e. The van der Waals surface area contributed by atoms with Crippen LogP contribution in [-0.4, -0.2) is 47.3 Å². The van der Waals surface area contributed by atoms with Crippen molar-refractivity contribution in [2.75, 3.05) is 26.3 Å². The Morgan fingerprint density at radius 3 is 3.04 bits per heavy atom. The van der Waals surface area contributed by atoms with Crippen LogP contribution in [0.1, 0.15) is 5.69 Å². The predicted octanol–water partition coefficient (Wildman–Crippen LogP) is 3.56. The van der Waals surface area contributed by atoms with Crippen molar-refractivity contribution in [1.82, 2.24) is 14.9 Å². The van der Waals surface area contributed by atoms with Gasteiger partial charge in [0.05, 0.1) is 29.0 Å². The first-order valence-corrected chi connectivity index (χ1v) is 9.06. The third-order valence-electron chi connectivity index (χ3n) is 4.38. The third kappa shape index (κ3) is 4.30.